The fourth-order valence-corrected chi connectivity index (χ4v) is 5.06. The van der Waals surface area contributed by atoms with Crippen LogP contribution in [0.3, 0.4) is 0 Å². The van der Waals surface area contributed by atoms with Crippen LogP contribution >= 0.6 is 7.92 Å². The van der Waals surface area contributed by atoms with E-state index in [0.29, 0.717) is 5.92 Å². The maximum Gasteiger partial charge on any atom is -0.0138 e. The normalized spacial score (nSPS) is 18.1. The van der Waals surface area contributed by atoms with E-state index in [4.69, 9.17) is 0 Å². The summed E-state index contributed by atoms with van der Waals surface area (Å²) >= 11 is 0. The van der Waals surface area contributed by atoms with Crippen LogP contribution in [0.1, 0.15) is 13.3 Å². The molecule has 100 valence electrons. The van der Waals surface area contributed by atoms with Crippen LogP contribution in [0.25, 0.3) is 0 Å². The summed E-state index contributed by atoms with van der Waals surface area (Å²) in [4.78, 5) is 0. The summed E-state index contributed by atoms with van der Waals surface area (Å²) < 4.78 is 0. The first-order chi connectivity index (χ1) is 9.84. The van der Waals surface area contributed by atoms with Gasteiger partial charge >= 0.3 is 0 Å². The Hall–Kier alpha value is -1.65. The second-order valence-corrected chi connectivity index (χ2v) is 7.43. The van der Waals surface area contributed by atoms with Crippen LogP contribution < -0.4 is 10.6 Å². The molecule has 0 heterocycles. The lowest BCUT2D eigenvalue weighted by Crippen LogP contribution is -2.13. The minimum Gasteiger partial charge on any atom is -0.0833 e. The number of rotatable bonds is 3. The van der Waals surface area contributed by atoms with Crippen molar-refractivity contribution in [1.82, 2.24) is 0 Å². The van der Waals surface area contributed by atoms with Gasteiger partial charge in [0.25, 0.3) is 0 Å². The SMILES string of the molecule is CC1C=C(P(c2ccccc2)c2ccccc2)C=CC1. The van der Waals surface area contributed by atoms with Crippen LogP contribution in [-0.4, -0.2) is 0 Å². The van der Waals surface area contributed by atoms with Crippen LogP contribution in [0, 0.1) is 5.92 Å². The van der Waals surface area contributed by atoms with Crippen LogP contribution in [-0.2, 0) is 0 Å². The van der Waals surface area contributed by atoms with E-state index >= 15 is 0 Å². The molecule has 0 N–H and O–H groups in total. The smallest absolute Gasteiger partial charge is 0.0138 e. The standard InChI is InChI=1S/C19H19P/c1-16-9-8-14-19(15-16)20(17-10-4-2-5-11-17)18-12-6-3-7-13-18/h2-8,10-16H,9H2,1H3. The van der Waals surface area contributed by atoms with Crippen LogP contribution in [0.5, 0.6) is 0 Å². The highest BCUT2D eigenvalue weighted by atomic mass is 31.1. The van der Waals surface area contributed by atoms with Gasteiger partial charge in [0.05, 0.1) is 0 Å². The van der Waals surface area contributed by atoms with Gasteiger partial charge in [-0.1, -0.05) is 85.8 Å². The fourth-order valence-electron chi connectivity index (χ4n) is 2.57. The molecular weight excluding hydrogens is 259 g/mol. The fraction of sp³-hybridized carbons (Fsp3) is 0.158. The molecule has 0 fully saturated rings. The molecule has 2 aromatic carbocycles. The molecule has 1 unspecified atom stereocenters. The molecule has 0 radical (unpaired) electrons. The molecule has 3 rings (SSSR count). The molecule has 1 heteroatoms. The zero-order valence-corrected chi connectivity index (χ0v) is 12.6. The van der Waals surface area contributed by atoms with E-state index in [1.807, 2.05) is 0 Å². The predicted molar refractivity (Wildman–Crippen MR) is 90.1 cm³/mol. The quantitative estimate of drug-likeness (QED) is 0.720. The maximum atomic E-state index is 2.45. The second kappa shape index (κ2) is 6.20. The van der Waals surface area contributed by atoms with E-state index in [2.05, 4.69) is 85.8 Å². The van der Waals surface area contributed by atoms with E-state index in [9.17, 15) is 0 Å². The first kappa shape index (κ1) is 13.3. The molecule has 2 aromatic rings. The van der Waals surface area contributed by atoms with Crippen molar-refractivity contribution in [3.8, 4) is 0 Å². The van der Waals surface area contributed by atoms with Gasteiger partial charge in [0.15, 0.2) is 0 Å². The van der Waals surface area contributed by atoms with Gasteiger partial charge in [-0.15, -0.1) is 0 Å². The lowest BCUT2D eigenvalue weighted by molar-refractivity contribution is 0.735. The van der Waals surface area contributed by atoms with E-state index < -0.39 is 7.92 Å². The van der Waals surface area contributed by atoms with Gasteiger partial charge in [0, 0.05) is 0 Å². The molecule has 1 atom stereocenters. The third-order valence-corrected chi connectivity index (χ3v) is 5.98. The van der Waals surface area contributed by atoms with Crippen molar-refractivity contribution in [3.05, 3.63) is 84.2 Å². The van der Waals surface area contributed by atoms with Gasteiger partial charge in [-0.25, -0.2) is 0 Å². The minimum absolute atomic E-state index is 0.421. The molecular formula is C19H19P. The largest absolute Gasteiger partial charge is 0.0833 e. The summed E-state index contributed by atoms with van der Waals surface area (Å²) in [5, 5.41) is 4.34. The highest BCUT2D eigenvalue weighted by molar-refractivity contribution is 7.77. The summed E-state index contributed by atoms with van der Waals surface area (Å²) in [5.74, 6) is 0.646. The Bertz CT molecular complexity index is 571. The molecule has 0 aliphatic heterocycles. The molecule has 20 heavy (non-hydrogen) atoms. The van der Waals surface area contributed by atoms with Crippen LogP contribution in [0.2, 0.25) is 0 Å². The number of benzene rings is 2. The van der Waals surface area contributed by atoms with Crippen molar-refractivity contribution in [1.29, 1.82) is 0 Å². The van der Waals surface area contributed by atoms with Gasteiger partial charge < -0.3 is 0 Å². The summed E-state index contributed by atoms with van der Waals surface area (Å²) in [5.41, 5.74) is 0. The molecule has 0 aromatic heterocycles. The third kappa shape index (κ3) is 2.92. The van der Waals surface area contributed by atoms with Crippen molar-refractivity contribution >= 4 is 18.5 Å². The zero-order chi connectivity index (χ0) is 13.8. The third-order valence-electron chi connectivity index (χ3n) is 3.54. The van der Waals surface area contributed by atoms with E-state index in [1.54, 1.807) is 0 Å². The van der Waals surface area contributed by atoms with E-state index in [-0.39, 0.29) is 0 Å². The highest BCUT2D eigenvalue weighted by Gasteiger charge is 2.18. The van der Waals surface area contributed by atoms with Gasteiger partial charge in [0.2, 0.25) is 0 Å². The molecule has 0 saturated carbocycles. The Labute approximate surface area is 122 Å². The topological polar surface area (TPSA) is 0 Å². The first-order valence-electron chi connectivity index (χ1n) is 7.13. The van der Waals surface area contributed by atoms with E-state index in [0.717, 1.165) is 6.42 Å². The average molecular weight is 278 g/mol. The van der Waals surface area contributed by atoms with Crippen molar-refractivity contribution in [3.63, 3.8) is 0 Å². The monoisotopic (exact) mass is 278 g/mol. The van der Waals surface area contributed by atoms with Gasteiger partial charge in [-0.05, 0) is 36.2 Å². The molecule has 0 nitrogen and oxygen atoms in total. The van der Waals surface area contributed by atoms with Crippen molar-refractivity contribution < 1.29 is 0 Å². The number of allylic oxidation sites excluding steroid dienone is 4. The van der Waals surface area contributed by atoms with Crippen LogP contribution in [0.4, 0.5) is 0 Å². The lowest BCUT2D eigenvalue weighted by atomic mass is 10.0. The Morgan fingerprint density at radius 2 is 1.40 bits per heavy atom. The van der Waals surface area contributed by atoms with Crippen LogP contribution in [0.15, 0.2) is 84.2 Å². The Balaban J connectivity index is 2.07. The molecule has 1 aliphatic rings. The zero-order valence-electron chi connectivity index (χ0n) is 11.7. The lowest BCUT2D eigenvalue weighted by Gasteiger charge is -2.23. The summed E-state index contributed by atoms with van der Waals surface area (Å²) in [6.45, 7) is 2.30. The Morgan fingerprint density at radius 3 is 1.90 bits per heavy atom. The van der Waals surface area contributed by atoms with Gasteiger partial charge in [-0.2, -0.15) is 0 Å². The molecule has 0 saturated heterocycles. The van der Waals surface area contributed by atoms with Crippen molar-refractivity contribution in [2.45, 2.75) is 13.3 Å². The van der Waals surface area contributed by atoms with Gasteiger partial charge in [-0.3, -0.25) is 0 Å². The molecule has 0 spiro atoms. The summed E-state index contributed by atoms with van der Waals surface area (Å²) in [6, 6.07) is 21.8. The summed E-state index contributed by atoms with van der Waals surface area (Å²) in [7, 11) is -0.421. The highest BCUT2D eigenvalue weighted by Crippen LogP contribution is 2.45. The van der Waals surface area contributed by atoms with Gasteiger partial charge in [0.1, 0.15) is 0 Å². The second-order valence-electron chi connectivity index (χ2n) is 5.21. The Morgan fingerprint density at radius 1 is 0.850 bits per heavy atom. The minimum atomic E-state index is -0.421. The number of hydrogen-bond acceptors (Lipinski definition) is 0. The summed E-state index contributed by atoms with van der Waals surface area (Å²) in [6.07, 6.45) is 8.26. The molecule has 0 bridgehead atoms. The van der Waals surface area contributed by atoms with E-state index in [1.165, 1.54) is 15.9 Å². The number of hydrogen-bond donors (Lipinski definition) is 0. The van der Waals surface area contributed by atoms with Crippen molar-refractivity contribution in [2.75, 3.05) is 0 Å². The molecule has 1 aliphatic carbocycles. The molecule has 0 amide bonds. The van der Waals surface area contributed by atoms with Crippen molar-refractivity contribution in [2.24, 2.45) is 5.92 Å². The predicted octanol–water partition coefficient (Wildman–Crippen LogP) is 4.60. The maximum absolute atomic E-state index is 2.45. The Kier molecular flexibility index (Phi) is 4.14. The average Bonchev–Trinajstić information content (AvgIpc) is 2.50. The first-order valence-corrected chi connectivity index (χ1v) is 8.47.